The zero-order valence-electron chi connectivity index (χ0n) is 11.1. The van der Waals surface area contributed by atoms with Crippen molar-refractivity contribution in [3.63, 3.8) is 0 Å². The Labute approximate surface area is 112 Å². The van der Waals surface area contributed by atoms with Crippen molar-refractivity contribution in [3.05, 3.63) is 0 Å². The molecule has 1 heterocycles. The summed E-state index contributed by atoms with van der Waals surface area (Å²) in [4.78, 5) is 25.1. The third-order valence-electron chi connectivity index (χ3n) is 3.35. The molecule has 7 nitrogen and oxygen atoms in total. The highest BCUT2D eigenvalue weighted by Crippen LogP contribution is 2.18. The Morgan fingerprint density at radius 2 is 2.16 bits per heavy atom. The number of hydrogen-bond donors (Lipinski definition) is 3. The molecule has 0 aromatic carbocycles. The van der Waals surface area contributed by atoms with Crippen LogP contribution in [0, 0.1) is 0 Å². The van der Waals surface area contributed by atoms with Crippen molar-refractivity contribution in [2.75, 3.05) is 26.3 Å². The van der Waals surface area contributed by atoms with Crippen LogP contribution in [0.2, 0.25) is 0 Å². The number of amides is 3. The summed E-state index contributed by atoms with van der Waals surface area (Å²) in [6, 6.07) is -0.0963. The molecule has 3 amide bonds. The Hall–Kier alpha value is -1.18. The summed E-state index contributed by atoms with van der Waals surface area (Å²) in [5.41, 5.74) is 0. The molecule has 2 rings (SSSR count). The number of rotatable bonds is 4. The average Bonchev–Trinajstić information content (AvgIpc) is 3.15. The van der Waals surface area contributed by atoms with Gasteiger partial charge in [-0.2, -0.15) is 0 Å². The molecule has 2 atom stereocenters. The van der Waals surface area contributed by atoms with E-state index in [-0.39, 0.29) is 37.2 Å². The molecule has 108 valence electrons. The summed E-state index contributed by atoms with van der Waals surface area (Å²) in [6.07, 6.45) is 1.71. The lowest BCUT2D eigenvalue weighted by molar-refractivity contribution is -0.126. The van der Waals surface area contributed by atoms with E-state index in [1.165, 1.54) is 0 Å². The van der Waals surface area contributed by atoms with Crippen LogP contribution in [0.15, 0.2) is 0 Å². The van der Waals surface area contributed by atoms with Gasteiger partial charge in [-0.05, 0) is 19.8 Å². The molecule has 2 fully saturated rings. The van der Waals surface area contributed by atoms with E-state index in [0.29, 0.717) is 13.2 Å². The van der Waals surface area contributed by atoms with Crippen molar-refractivity contribution in [1.29, 1.82) is 0 Å². The van der Waals surface area contributed by atoms with Gasteiger partial charge in [-0.1, -0.05) is 0 Å². The minimum atomic E-state index is -0.424. The fourth-order valence-corrected chi connectivity index (χ4v) is 2.01. The zero-order chi connectivity index (χ0) is 13.8. The molecule has 0 aromatic rings. The molecule has 1 saturated carbocycles. The van der Waals surface area contributed by atoms with Crippen LogP contribution in [0.3, 0.4) is 0 Å². The number of urea groups is 1. The number of nitrogens with one attached hydrogen (secondary N) is 2. The van der Waals surface area contributed by atoms with E-state index < -0.39 is 6.03 Å². The minimum Gasteiger partial charge on any atom is -0.394 e. The van der Waals surface area contributed by atoms with Crippen LogP contribution in [0.1, 0.15) is 19.8 Å². The fraction of sp³-hybridized carbons (Fsp3) is 0.833. The number of aliphatic hydroxyl groups is 1. The van der Waals surface area contributed by atoms with Gasteiger partial charge in [-0.25, -0.2) is 4.79 Å². The number of carbonyl (C=O) groups is 2. The summed E-state index contributed by atoms with van der Waals surface area (Å²) in [5, 5.41) is 14.1. The predicted molar refractivity (Wildman–Crippen MR) is 67.6 cm³/mol. The lowest BCUT2D eigenvalue weighted by atomic mass is 10.2. The van der Waals surface area contributed by atoms with Crippen LogP contribution in [0.4, 0.5) is 4.79 Å². The molecule has 0 radical (unpaired) electrons. The van der Waals surface area contributed by atoms with Gasteiger partial charge in [0.2, 0.25) is 5.91 Å². The third kappa shape index (κ3) is 4.45. The molecule has 3 N–H and O–H groups in total. The maximum Gasteiger partial charge on any atom is 0.321 e. The van der Waals surface area contributed by atoms with Crippen molar-refractivity contribution >= 4 is 11.9 Å². The summed E-state index contributed by atoms with van der Waals surface area (Å²) >= 11 is 0. The molecule has 2 unspecified atom stereocenters. The molecule has 7 heteroatoms. The van der Waals surface area contributed by atoms with Crippen molar-refractivity contribution in [2.24, 2.45) is 0 Å². The van der Waals surface area contributed by atoms with Gasteiger partial charge in [0.1, 0.15) is 0 Å². The van der Waals surface area contributed by atoms with Gasteiger partial charge in [0, 0.05) is 18.6 Å². The number of ether oxygens (including phenoxy) is 1. The molecule has 0 aromatic heterocycles. The lowest BCUT2D eigenvalue weighted by Gasteiger charge is -2.36. The van der Waals surface area contributed by atoms with Gasteiger partial charge in [0.05, 0.1) is 25.9 Å². The maximum absolute atomic E-state index is 11.7. The average molecular weight is 271 g/mol. The van der Waals surface area contributed by atoms with Crippen LogP contribution in [0.25, 0.3) is 0 Å². The number of hydrogen-bond acceptors (Lipinski definition) is 5. The predicted octanol–water partition coefficient (Wildman–Crippen LogP) is -0.944. The molecule has 1 aliphatic heterocycles. The topological polar surface area (TPSA) is 90.9 Å². The second kappa shape index (κ2) is 6.31. The summed E-state index contributed by atoms with van der Waals surface area (Å²) in [6.45, 7) is 3.00. The van der Waals surface area contributed by atoms with E-state index in [4.69, 9.17) is 9.84 Å². The van der Waals surface area contributed by atoms with Crippen LogP contribution in [-0.4, -0.2) is 66.4 Å². The zero-order valence-corrected chi connectivity index (χ0v) is 11.1. The van der Waals surface area contributed by atoms with Gasteiger partial charge in [-0.15, -0.1) is 0 Å². The number of imide groups is 1. The summed E-state index contributed by atoms with van der Waals surface area (Å²) in [7, 11) is 0. The second-order valence-corrected chi connectivity index (χ2v) is 5.21. The highest BCUT2D eigenvalue weighted by molar-refractivity contribution is 5.95. The SMILES string of the molecule is CC1COC(CO)CN1CC(=O)NC(=O)NC1CC1. The van der Waals surface area contributed by atoms with Gasteiger partial charge < -0.3 is 15.2 Å². The first kappa shape index (κ1) is 14.2. The third-order valence-corrected chi connectivity index (χ3v) is 3.35. The molecule has 19 heavy (non-hydrogen) atoms. The number of carbonyl (C=O) groups excluding carboxylic acids is 2. The highest BCUT2D eigenvalue weighted by atomic mass is 16.5. The normalized spacial score (nSPS) is 27.9. The van der Waals surface area contributed by atoms with Crippen molar-refractivity contribution in [3.8, 4) is 0 Å². The standard InChI is InChI=1S/C12H21N3O4/c1-8-7-19-10(6-16)4-15(8)5-11(17)14-12(18)13-9-2-3-9/h8-10,16H,2-7H2,1H3,(H2,13,14,17,18). The van der Waals surface area contributed by atoms with Gasteiger partial charge in [0.25, 0.3) is 0 Å². The summed E-state index contributed by atoms with van der Waals surface area (Å²) in [5.74, 6) is -0.330. The Morgan fingerprint density at radius 3 is 2.79 bits per heavy atom. The molecular formula is C12H21N3O4. The Morgan fingerprint density at radius 1 is 1.42 bits per heavy atom. The van der Waals surface area contributed by atoms with E-state index in [1.54, 1.807) is 0 Å². The molecule has 1 aliphatic carbocycles. The Bertz CT molecular complexity index is 346. The number of morpholine rings is 1. The fourth-order valence-electron chi connectivity index (χ4n) is 2.01. The van der Waals surface area contributed by atoms with Crippen LogP contribution >= 0.6 is 0 Å². The van der Waals surface area contributed by atoms with E-state index >= 15 is 0 Å². The second-order valence-electron chi connectivity index (χ2n) is 5.21. The molecule has 0 spiro atoms. The van der Waals surface area contributed by atoms with E-state index in [0.717, 1.165) is 12.8 Å². The summed E-state index contributed by atoms with van der Waals surface area (Å²) < 4.78 is 5.39. The van der Waals surface area contributed by atoms with Crippen LogP contribution < -0.4 is 10.6 Å². The van der Waals surface area contributed by atoms with Gasteiger partial charge >= 0.3 is 6.03 Å². The molecular weight excluding hydrogens is 250 g/mol. The van der Waals surface area contributed by atoms with E-state index in [1.807, 2.05) is 11.8 Å². The van der Waals surface area contributed by atoms with Crippen molar-refractivity contribution in [2.45, 2.75) is 38.0 Å². The lowest BCUT2D eigenvalue weighted by Crippen LogP contribution is -2.53. The minimum absolute atomic E-state index is 0.0625. The van der Waals surface area contributed by atoms with Crippen LogP contribution in [-0.2, 0) is 9.53 Å². The van der Waals surface area contributed by atoms with Crippen molar-refractivity contribution < 1.29 is 19.4 Å². The van der Waals surface area contributed by atoms with Crippen LogP contribution in [0.5, 0.6) is 0 Å². The maximum atomic E-state index is 11.7. The number of nitrogens with zero attached hydrogens (tertiary/aromatic N) is 1. The quantitative estimate of drug-likeness (QED) is 0.613. The van der Waals surface area contributed by atoms with E-state index in [2.05, 4.69) is 10.6 Å². The molecule has 1 saturated heterocycles. The van der Waals surface area contributed by atoms with Gasteiger partial charge in [-0.3, -0.25) is 15.0 Å². The van der Waals surface area contributed by atoms with Gasteiger partial charge in [0.15, 0.2) is 0 Å². The first-order valence-corrected chi connectivity index (χ1v) is 6.65. The first-order chi connectivity index (χ1) is 9.08. The Kier molecular flexibility index (Phi) is 4.73. The molecule has 0 bridgehead atoms. The largest absolute Gasteiger partial charge is 0.394 e. The highest BCUT2D eigenvalue weighted by Gasteiger charge is 2.28. The number of aliphatic hydroxyl groups excluding tert-OH is 1. The monoisotopic (exact) mass is 271 g/mol. The molecule has 2 aliphatic rings. The van der Waals surface area contributed by atoms with Crippen molar-refractivity contribution in [1.82, 2.24) is 15.5 Å². The van der Waals surface area contributed by atoms with E-state index in [9.17, 15) is 9.59 Å². The smallest absolute Gasteiger partial charge is 0.321 e. The first-order valence-electron chi connectivity index (χ1n) is 6.65. The Balaban J connectivity index is 1.74.